The van der Waals surface area contributed by atoms with E-state index >= 15 is 0 Å². The van der Waals surface area contributed by atoms with Crippen LogP contribution in [0.3, 0.4) is 0 Å². The zero-order chi connectivity index (χ0) is 15.4. The highest BCUT2D eigenvalue weighted by Crippen LogP contribution is 2.30. The van der Waals surface area contributed by atoms with Gasteiger partial charge in [-0.1, -0.05) is 11.6 Å². The Morgan fingerprint density at radius 1 is 1.33 bits per heavy atom. The van der Waals surface area contributed by atoms with Crippen molar-refractivity contribution in [3.8, 4) is 0 Å². The molecule has 7 heteroatoms. The molecule has 1 saturated heterocycles. The first-order valence-corrected chi connectivity index (χ1v) is 7.61. The third-order valence-corrected chi connectivity index (χ3v) is 3.98. The lowest BCUT2D eigenvalue weighted by Gasteiger charge is -2.36. The van der Waals surface area contributed by atoms with E-state index in [1.54, 1.807) is 13.0 Å². The smallest absolute Gasteiger partial charge is 0.219 e. The van der Waals surface area contributed by atoms with Crippen molar-refractivity contribution in [3.05, 3.63) is 23.2 Å². The van der Waals surface area contributed by atoms with Crippen LogP contribution in [0.15, 0.2) is 23.2 Å². The predicted octanol–water partition coefficient (Wildman–Crippen LogP) is 2.24. The second-order valence-corrected chi connectivity index (χ2v) is 5.54. The van der Waals surface area contributed by atoms with E-state index < -0.39 is 0 Å². The fraction of sp³-hybridized carbons (Fsp3) is 0.429. The van der Waals surface area contributed by atoms with Gasteiger partial charge in [0, 0.05) is 33.1 Å². The number of carbonyl (C=O) groups is 1. The van der Waals surface area contributed by atoms with Gasteiger partial charge < -0.3 is 15.5 Å². The average Bonchev–Trinajstić information content (AvgIpc) is 2.47. The van der Waals surface area contributed by atoms with Gasteiger partial charge in [-0.3, -0.25) is 4.79 Å². The number of rotatable bonds is 3. The Morgan fingerprint density at radius 2 is 2.00 bits per heavy atom. The third kappa shape index (κ3) is 4.02. The fourth-order valence-electron chi connectivity index (χ4n) is 2.28. The minimum absolute atomic E-state index is 0.113. The van der Waals surface area contributed by atoms with Gasteiger partial charge in [0.05, 0.1) is 22.3 Å². The first kappa shape index (κ1) is 15.9. The number of piperazine rings is 1. The molecule has 114 valence electrons. The zero-order valence-corrected chi connectivity index (χ0v) is 13.4. The van der Waals surface area contributed by atoms with E-state index in [2.05, 4.69) is 9.89 Å². The van der Waals surface area contributed by atoms with Crippen LogP contribution >= 0.6 is 23.2 Å². The Kier molecular flexibility index (Phi) is 5.31. The number of anilines is 1. The average molecular weight is 329 g/mol. The number of hydrogen-bond acceptors (Lipinski definition) is 3. The number of amidine groups is 1. The van der Waals surface area contributed by atoms with Crippen LogP contribution in [0.5, 0.6) is 0 Å². The molecule has 2 N–H and O–H groups in total. The molecule has 21 heavy (non-hydrogen) atoms. The molecule has 1 fully saturated rings. The highest BCUT2D eigenvalue weighted by atomic mass is 35.5. The molecule has 1 amide bonds. The SMILES string of the molecule is CC(=O)N1CCN(c2ccc(N=C(N)CCl)cc2Cl)CC1. The zero-order valence-electron chi connectivity index (χ0n) is 11.9. The van der Waals surface area contributed by atoms with Crippen molar-refractivity contribution in [3.63, 3.8) is 0 Å². The normalized spacial score (nSPS) is 16.2. The minimum atomic E-state index is 0.113. The molecule has 0 atom stereocenters. The Balaban J connectivity index is 2.10. The summed E-state index contributed by atoms with van der Waals surface area (Å²) in [4.78, 5) is 19.5. The lowest BCUT2D eigenvalue weighted by molar-refractivity contribution is -0.129. The van der Waals surface area contributed by atoms with E-state index in [9.17, 15) is 4.79 Å². The van der Waals surface area contributed by atoms with Crippen LogP contribution in [0.1, 0.15) is 6.92 Å². The summed E-state index contributed by atoms with van der Waals surface area (Å²) >= 11 is 11.9. The quantitative estimate of drug-likeness (QED) is 0.525. The van der Waals surface area contributed by atoms with Gasteiger partial charge in [0.2, 0.25) is 5.91 Å². The number of aliphatic imine (C=N–C) groups is 1. The number of hydrogen-bond donors (Lipinski definition) is 1. The van der Waals surface area contributed by atoms with Gasteiger partial charge >= 0.3 is 0 Å². The van der Waals surface area contributed by atoms with Gasteiger partial charge in [-0.05, 0) is 18.2 Å². The van der Waals surface area contributed by atoms with Crippen molar-refractivity contribution < 1.29 is 4.79 Å². The van der Waals surface area contributed by atoms with Crippen LogP contribution in [0.2, 0.25) is 5.02 Å². The lowest BCUT2D eigenvalue weighted by Crippen LogP contribution is -2.48. The van der Waals surface area contributed by atoms with Crippen molar-refractivity contribution in [2.45, 2.75) is 6.92 Å². The van der Waals surface area contributed by atoms with E-state index in [-0.39, 0.29) is 11.8 Å². The van der Waals surface area contributed by atoms with E-state index in [1.165, 1.54) is 0 Å². The monoisotopic (exact) mass is 328 g/mol. The first-order chi connectivity index (χ1) is 10.0. The van der Waals surface area contributed by atoms with Gasteiger partial charge in [-0.25, -0.2) is 4.99 Å². The van der Waals surface area contributed by atoms with Gasteiger partial charge in [0.15, 0.2) is 0 Å². The number of nitrogens with zero attached hydrogens (tertiary/aromatic N) is 3. The summed E-state index contributed by atoms with van der Waals surface area (Å²) in [6.07, 6.45) is 0. The fourth-order valence-corrected chi connectivity index (χ4v) is 2.63. The topological polar surface area (TPSA) is 61.9 Å². The number of carbonyl (C=O) groups excluding carboxylic acids is 1. The second kappa shape index (κ2) is 7.00. The standard InChI is InChI=1S/C14H18Cl2N4O/c1-10(21)19-4-6-20(7-5-19)13-3-2-11(8-12(13)16)18-14(17)9-15/h2-3,8H,4-7,9H2,1H3,(H2,17,18). The van der Waals surface area contributed by atoms with Crippen LogP contribution in [0.4, 0.5) is 11.4 Å². The maximum atomic E-state index is 11.3. The van der Waals surface area contributed by atoms with Gasteiger partial charge in [-0.2, -0.15) is 0 Å². The van der Waals surface area contributed by atoms with E-state index in [0.29, 0.717) is 29.6 Å². The van der Waals surface area contributed by atoms with Crippen LogP contribution in [0, 0.1) is 0 Å². The van der Waals surface area contributed by atoms with Crippen molar-refractivity contribution in [2.24, 2.45) is 10.7 Å². The molecule has 5 nitrogen and oxygen atoms in total. The van der Waals surface area contributed by atoms with Crippen LogP contribution in [-0.2, 0) is 4.79 Å². The molecule has 1 aliphatic heterocycles. The summed E-state index contributed by atoms with van der Waals surface area (Å²) in [5, 5.41) is 0.620. The Hall–Kier alpha value is -1.46. The van der Waals surface area contributed by atoms with Crippen molar-refractivity contribution in [1.82, 2.24) is 4.90 Å². The van der Waals surface area contributed by atoms with Crippen molar-refractivity contribution in [1.29, 1.82) is 0 Å². The summed E-state index contributed by atoms with van der Waals surface area (Å²) in [5.41, 5.74) is 7.24. The van der Waals surface area contributed by atoms with E-state index in [1.807, 2.05) is 17.0 Å². The van der Waals surface area contributed by atoms with E-state index in [4.69, 9.17) is 28.9 Å². The molecule has 1 aromatic carbocycles. The summed E-state index contributed by atoms with van der Waals surface area (Å²) in [7, 11) is 0. The molecule has 0 saturated carbocycles. The highest BCUT2D eigenvalue weighted by molar-refractivity contribution is 6.33. The minimum Gasteiger partial charge on any atom is -0.386 e. The molecule has 0 aromatic heterocycles. The number of alkyl halides is 1. The molecule has 1 aliphatic rings. The largest absolute Gasteiger partial charge is 0.386 e. The second-order valence-electron chi connectivity index (χ2n) is 4.87. The molecular weight excluding hydrogens is 311 g/mol. The van der Waals surface area contributed by atoms with Gasteiger partial charge in [0.1, 0.15) is 5.84 Å². The summed E-state index contributed by atoms with van der Waals surface area (Å²) in [6, 6.07) is 5.55. The molecule has 2 rings (SSSR count). The maximum absolute atomic E-state index is 11.3. The number of halogens is 2. The van der Waals surface area contributed by atoms with E-state index in [0.717, 1.165) is 18.8 Å². The van der Waals surface area contributed by atoms with Gasteiger partial charge in [0.25, 0.3) is 0 Å². The summed E-state index contributed by atoms with van der Waals surface area (Å²) < 4.78 is 0. The Labute approximate surface area is 134 Å². The molecule has 1 aromatic rings. The van der Waals surface area contributed by atoms with Crippen molar-refractivity contribution in [2.75, 3.05) is 37.0 Å². The third-order valence-electron chi connectivity index (χ3n) is 3.41. The molecule has 0 unspecified atom stereocenters. The predicted molar refractivity (Wildman–Crippen MR) is 87.9 cm³/mol. The molecule has 1 heterocycles. The Bertz CT molecular complexity index is 554. The highest BCUT2D eigenvalue weighted by Gasteiger charge is 2.20. The summed E-state index contributed by atoms with van der Waals surface area (Å²) in [6.45, 7) is 4.56. The molecule has 0 bridgehead atoms. The Morgan fingerprint density at radius 3 is 2.52 bits per heavy atom. The lowest BCUT2D eigenvalue weighted by atomic mass is 10.2. The molecule has 0 spiro atoms. The molecule has 0 radical (unpaired) electrons. The first-order valence-electron chi connectivity index (χ1n) is 6.70. The molecular formula is C14H18Cl2N4O. The van der Waals surface area contributed by atoms with Crippen LogP contribution < -0.4 is 10.6 Å². The maximum Gasteiger partial charge on any atom is 0.219 e. The summed E-state index contributed by atoms with van der Waals surface area (Å²) in [5.74, 6) is 0.657. The van der Waals surface area contributed by atoms with Crippen molar-refractivity contribution >= 4 is 46.3 Å². The molecule has 0 aliphatic carbocycles. The number of benzene rings is 1. The van der Waals surface area contributed by atoms with Gasteiger partial charge in [-0.15, -0.1) is 11.6 Å². The number of nitrogens with two attached hydrogens (primary N) is 1. The van der Waals surface area contributed by atoms with Crippen LogP contribution in [0.25, 0.3) is 0 Å². The van der Waals surface area contributed by atoms with Crippen LogP contribution in [-0.4, -0.2) is 48.7 Å². The number of amides is 1.